The van der Waals surface area contributed by atoms with Gasteiger partial charge in [0, 0.05) is 13.0 Å². The van der Waals surface area contributed by atoms with E-state index >= 15 is 0 Å². The van der Waals surface area contributed by atoms with E-state index < -0.39 is 0 Å². The van der Waals surface area contributed by atoms with Crippen molar-refractivity contribution in [2.24, 2.45) is 5.73 Å². The van der Waals surface area contributed by atoms with Crippen molar-refractivity contribution in [3.05, 3.63) is 23.8 Å². The topological polar surface area (TPSA) is 64.8 Å². The summed E-state index contributed by atoms with van der Waals surface area (Å²) in [6.45, 7) is 1.38. The van der Waals surface area contributed by atoms with Crippen LogP contribution in [0, 0.1) is 0 Å². The number of carbonyl (C=O) groups is 1. The highest BCUT2D eigenvalue weighted by molar-refractivity contribution is 5.77. The molecule has 1 amide bonds. The molecule has 5 heteroatoms. The molecule has 1 unspecified atom stereocenters. The van der Waals surface area contributed by atoms with Crippen LogP contribution >= 0.6 is 0 Å². The van der Waals surface area contributed by atoms with Crippen molar-refractivity contribution in [1.29, 1.82) is 0 Å². The van der Waals surface area contributed by atoms with Gasteiger partial charge in [-0.1, -0.05) is 6.07 Å². The highest BCUT2D eigenvalue weighted by Crippen LogP contribution is 2.37. The van der Waals surface area contributed by atoms with Crippen molar-refractivity contribution in [3.63, 3.8) is 0 Å². The summed E-state index contributed by atoms with van der Waals surface area (Å²) in [6, 6.07) is 6.02. The Morgan fingerprint density at radius 1 is 1.33 bits per heavy atom. The van der Waals surface area contributed by atoms with Gasteiger partial charge in [-0.15, -0.1) is 0 Å². The fourth-order valence-corrected chi connectivity index (χ4v) is 2.87. The monoisotopic (exact) mass is 292 g/mol. The number of methoxy groups -OCH3 is 2. The van der Waals surface area contributed by atoms with E-state index in [-0.39, 0.29) is 11.9 Å². The number of rotatable bonds is 6. The third-order valence-electron chi connectivity index (χ3n) is 3.96. The van der Waals surface area contributed by atoms with Gasteiger partial charge in [0.15, 0.2) is 11.5 Å². The van der Waals surface area contributed by atoms with Crippen LogP contribution in [0.2, 0.25) is 0 Å². The Morgan fingerprint density at radius 3 is 2.76 bits per heavy atom. The summed E-state index contributed by atoms with van der Waals surface area (Å²) in [5.41, 5.74) is 6.59. The number of amides is 1. The van der Waals surface area contributed by atoms with Crippen LogP contribution in [0.5, 0.6) is 11.5 Å². The summed E-state index contributed by atoms with van der Waals surface area (Å²) >= 11 is 0. The number of nitrogens with zero attached hydrogens (tertiary/aromatic N) is 1. The molecule has 0 aromatic heterocycles. The zero-order chi connectivity index (χ0) is 15.2. The number of hydrogen-bond donors (Lipinski definition) is 1. The maximum atomic E-state index is 12.3. The van der Waals surface area contributed by atoms with Crippen molar-refractivity contribution in [1.82, 2.24) is 4.90 Å². The normalized spacial score (nSPS) is 17.9. The number of nitrogens with two attached hydrogens (primary N) is 1. The first-order chi connectivity index (χ1) is 10.2. The predicted octanol–water partition coefficient (Wildman–Crippen LogP) is 2.11. The van der Waals surface area contributed by atoms with Gasteiger partial charge in [-0.05, 0) is 43.5 Å². The summed E-state index contributed by atoms with van der Waals surface area (Å²) in [6.07, 6.45) is 3.30. The van der Waals surface area contributed by atoms with E-state index in [0.29, 0.717) is 24.5 Å². The third-order valence-corrected chi connectivity index (χ3v) is 3.96. The molecule has 1 fully saturated rings. The maximum absolute atomic E-state index is 12.3. The van der Waals surface area contributed by atoms with Gasteiger partial charge in [0.2, 0.25) is 5.91 Å². The first-order valence-corrected chi connectivity index (χ1v) is 7.42. The molecular formula is C16H24N2O3. The van der Waals surface area contributed by atoms with Crippen molar-refractivity contribution in [3.8, 4) is 11.5 Å². The van der Waals surface area contributed by atoms with Gasteiger partial charge < -0.3 is 20.1 Å². The summed E-state index contributed by atoms with van der Waals surface area (Å²) < 4.78 is 10.6. The van der Waals surface area contributed by atoms with Crippen LogP contribution in [0.4, 0.5) is 0 Å². The van der Waals surface area contributed by atoms with Crippen LogP contribution in [0.3, 0.4) is 0 Å². The second-order valence-corrected chi connectivity index (χ2v) is 5.25. The Labute approximate surface area is 126 Å². The van der Waals surface area contributed by atoms with E-state index in [1.54, 1.807) is 14.2 Å². The Bertz CT molecular complexity index is 490. The molecule has 2 N–H and O–H groups in total. The number of carbonyl (C=O) groups excluding carboxylic acids is 1. The van der Waals surface area contributed by atoms with Gasteiger partial charge in [-0.25, -0.2) is 0 Å². The molecule has 0 spiro atoms. The van der Waals surface area contributed by atoms with Crippen LogP contribution in [-0.4, -0.2) is 38.1 Å². The van der Waals surface area contributed by atoms with Crippen LogP contribution in [0.15, 0.2) is 18.2 Å². The molecule has 0 radical (unpaired) electrons. The number of benzene rings is 1. The third kappa shape index (κ3) is 3.47. The quantitative estimate of drug-likeness (QED) is 0.872. The van der Waals surface area contributed by atoms with Gasteiger partial charge in [-0.3, -0.25) is 4.79 Å². The first-order valence-electron chi connectivity index (χ1n) is 7.42. The molecule has 2 rings (SSSR count). The van der Waals surface area contributed by atoms with Gasteiger partial charge in [0.25, 0.3) is 0 Å². The molecule has 1 aliphatic heterocycles. The van der Waals surface area contributed by atoms with Crippen molar-refractivity contribution in [2.75, 3.05) is 27.3 Å². The largest absolute Gasteiger partial charge is 0.493 e. The second kappa shape index (κ2) is 7.31. The Kier molecular flexibility index (Phi) is 5.44. The first kappa shape index (κ1) is 15.6. The Hall–Kier alpha value is -1.75. The molecule has 116 valence electrons. The van der Waals surface area contributed by atoms with Crippen LogP contribution in [0.1, 0.15) is 37.3 Å². The molecule has 0 bridgehead atoms. The number of ether oxygens (including phenoxy) is 2. The van der Waals surface area contributed by atoms with E-state index in [1.165, 1.54) is 0 Å². The van der Waals surface area contributed by atoms with Gasteiger partial charge in [0.1, 0.15) is 0 Å². The zero-order valence-corrected chi connectivity index (χ0v) is 12.8. The second-order valence-electron chi connectivity index (χ2n) is 5.25. The van der Waals surface area contributed by atoms with Crippen molar-refractivity contribution in [2.45, 2.75) is 31.7 Å². The molecule has 1 saturated heterocycles. The van der Waals surface area contributed by atoms with E-state index in [1.807, 2.05) is 23.1 Å². The van der Waals surface area contributed by atoms with Gasteiger partial charge >= 0.3 is 0 Å². The standard InChI is InChI=1S/C16H24N2O3/c1-20-14-8-7-12(11-15(14)21-2)13-5-4-10-18(13)16(19)6-3-9-17/h7-8,11,13H,3-6,9-10,17H2,1-2H3. The fourth-order valence-electron chi connectivity index (χ4n) is 2.87. The lowest BCUT2D eigenvalue weighted by Gasteiger charge is -2.25. The lowest BCUT2D eigenvalue weighted by atomic mass is 10.0. The van der Waals surface area contributed by atoms with Gasteiger partial charge in [-0.2, -0.15) is 0 Å². The SMILES string of the molecule is COc1ccc(C2CCCN2C(=O)CCCN)cc1OC. The zero-order valence-electron chi connectivity index (χ0n) is 12.8. The molecule has 21 heavy (non-hydrogen) atoms. The smallest absolute Gasteiger partial charge is 0.223 e. The number of hydrogen-bond acceptors (Lipinski definition) is 4. The lowest BCUT2D eigenvalue weighted by Crippen LogP contribution is -2.30. The molecule has 1 atom stereocenters. The van der Waals surface area contributed by atoms with Crippen molar-refractivity contribution >= 4 is 5.91 Å². The van der Waals surface area contributed by atoms with E-state index in [2.05, 4.69) is 0 Å². The minimum Gasteiger partial charge on any atom is -0.493 e. The minimum atomic E-state index is 0.134. The summed E-state index contributed by atoms with van der Waals surface area (Å²) in [4.78, 5) is 14.2. The average molecular weight is 292 g/mol. The minimum absolute atomic E-state index is 0.134. The highest BCUT2D eigenvalue weighted by Gasteiger charge is 2.29. The van der Waals surface area contributed by atoms with Crippen LogP contribution in [-0.2, 0) is 4.79 Å². The Morgan fingerprint density at radius 2 is 2.10 bits per heavy atom. The summed E-state index contributed by atoms with van der Waals surface area (Å²) in [7, 11) is 3.25. The van der Waals surface area contributed by atoms with Gasteiger partial charge in [0.05, 0.1) is 20.3 Å². The van der Waals surface area contributed by atoms with Crippen molar-refractivity contribution < 1.29 is 14.3 Å². The fraction of sp³-hybridized carbons (Fsp3) is 0.562. The van der Waals surface area contributed by atoms with Crippen LogP contribution in [0.25, 0.3) is 0 Å². The Balaban J connectivity index is 2.17. The van der Waals surface area contributed by atoms with E-state index in [9.17, 15) is 4.79 Å². The number of likely N-dealkylation sites (tertiary alicyclic amines) is 1. The molecule has 1 heterocycles. The average Bonchev–Trinajstić information content (AvgIpc) is 3.01. The molecule has 0 saturated carbocycles. The molecular weight excluding hydrogens is 268 g/mol. The lowest BCUT2D eigenvalue weighted by molar-refractivity contribution is -0.132. The van der Waals surface area contributed by atoms with E-state index in [4.69, 9.17) is 15.2 Å². The molecule has 0 aliphatic carbocycles. The molecule has 5 nitrogen and oxygen atoms in total. The molecule has 1 aromatic rings. The van der Waals surface area contributed by atoms with Crippen LogP contribution < -0.4 is 15.2 Å². The summed E-state index contributed by atoms with van der Waals surface area (Å²) in [5.74, 6) is 1.61. The maximum Gasteiger partial charge on any atom is 0.223 e. The molecule has 1 aliphatic rings. The van der Waals surface area contributed by atoms with E-state index in [0.717, 1.165) is 31.4 Å². The highest BCUT2D eigenvalue weighted by atomic mass is 16.5. The summed E-state index contributed by atoms with van der Waals surface area (Å²) in [5, 5.41) is 0. The molecule has 1 aromatic carbocycles. The predicted molar refractivity (Wildman–Crippen MR) is 81.5 cm³/mol.